The van der Waals surface area contributed by atoms with Gasteiger partial charge in [-0.15, -0.1) is 0 Å². The summed E-state index contributed by atoms with van der Waals surface area (Å²) in [6.07, 6.45) is 1.08. The van der Waals surface area contributed by atoms with Crippen molar-refractivity contribution in [1.29, 1.82) is 0 Å². The van der Waals surface area contributed by atoms with Crippen LogP contribution in [0, 0.1) is 17.6 Å². The zero-order valence-electron chi connectivity index (χ0n) is 15.2. The topological polar surface area (TPSA) is 58.6 Å². The van der Waals surface area contributed by atoms with E-state index >= 15 is 0 Å². The number of ether oxygens (including phenoxy) is 1. The minimum Gasteiger partial charge on any atom is -0.452 e. The zero-order chi connectivity index (χ0) is 20.0. The Labute approximate surface area is 166 Å². The third-order valence-electron chi connectivity index (χ3n) is 4.22. The van der Waals surface area contributed by atoms with E-state index in [9.17, 15) is 18.4 Å². The van der Waals surface area contributed by atoms with Gasteiger partial charge in [0.25, 0.3) is 5.91 Å². The van der Waals surface area contributed by atoms with E-state index in [1.54, 1.807) is 0 Å². The average molecular weight is 417 g/mol. The molecule has 0 bridgehead atoms. The highest BCUT2D eigenvalue weighted by Gasteiger charge is 2.21. The largest absolute Gasteiger partial charge is 0.452 e. The van der Waals surface area contributed by atoms with Crippen LogP contribution in [0.2, 0.25) is 0 Å². The summed E-state index contributed by atoms with van der Waals surface area (Å²) in [4.78, 5) is 26.0. The van der Waals surface area contributed by atoms with Crippen LogP contribution < -0.4 is 5.32 Å². The first-order valence-electron chi connectivity index (χ1n) is 8.63. The number of hydrogen-bond donors (Lipinski definition) is 1. The lowest BCUT2D eigenvalue weighted by Crippen LogP contribution is -2.36. The van der Waals surface area contributed by atoms with Gasteiger partial charge in [0.1, 0.15) is 4.32 Å². The highest BCUT2D eigenvalue weighted by molar-refractivity contribution is 8.23. The monoisotopic (exact) mass is 416 g/mol. The Morgan fingerprint density at radius 2 is 2.00 bits per heavy atom. The van der Waals surface area contributed by atoms with E-state index in [4.69, 9.17) is 17.0 Å². The van der Waals surface area contributed by atoms with Crippen molar-refractivity contribution in [3.63, 3.8) is 0 Å². The summed E-state index contributed by atoms with van der Waals surface area (Å²) < 4.78 is 31.8. The average Bonchev–Trinajstić information content (AvgIpc) is 2.63. The van der Waals surface area contributed by atoms with Gasteiger partial charge in [-0.25, -0.2) is 8.78 Å². The summed E-state index contributed by atoms with van der Waals surface area (Å²) in [6.45, 7) is 5.38. The first-order chi connectivity index (χ1) is 12.8. The molecule has 1 saturated heterocycles. The third-order valence-corrected chi connectivity index (χ3v) is 5.72. The number of esters is 1. The smallest absolute Gasteiger partial charge is 0.317 e. The van der Waals surface area contributed by atoms with E-state index in [-0.39, 0.29) is 11.4 Å². The van der Waals surface area contributed by atoms with Gasteiger partial charge in [0, 0.05) is 24.8 Å². The number of hydrogen-bond acceptors (Lipinski definition) is 5. The Bertz CT molecular complexity index is 710. The quantitative estimate of drug-likeness (QED) is 0.585. The van der Waals surface area contributed by atoms with E-state index in [1.807, 2.05) is 0 Å². The molecule has 1 aromatic rings. The molecule has 0 saturated carbocycles. The number of carbonyl (C=O) groups is 2. The summed E-state index contributed by atoms with van der Waals surface area (Å²) in [7, 11) is 0. The van der Waals surface area contributed by atoms with Crippen molar-refractivity contribution in [1.82, 2.24) is 4.90 Å². The molecule has 9 heteroatoms. The third kappa shape index (κ3) is 6.73. The molecular formula is C18H22F2N2O3S2. The van der Waals surface area contributed by atoms with Gasteiger partial charge in [-0.2, -0.15) is 0 Å². The van der Waals surface area contributed by atoms with Crippen molar-refractivity contribution in [2.75, 3.05) is 24.2 Å². The molecule has 2 rings (SSSR count). The molecule has 1 aliphatic heterocycles. The summed E-state index contributed by atoms with van der Waals surface area (Å²) >= 11 is 6.55. The summed E-state index contributed by atoms with van der Waals surface area (Å²) in [5.41, 5.74) is 0.0803. The van der Waals surface area contributed by atoms with E-state index in [2.05, 4.69) is 17.1 Å². The van der Waals surface area contributed by atoms with Gasteiger partial charge >= 0.3 is 5.97 Å². The van der Waals surface area contributed by atoms with Crippen LogP contribution in [-0.4, -0.2) is 46.0 Å². The van der Waals surface area contributed by atoms with Crippen molar-refractivity contribution in [3.05, 3.63) is 29.8 Å². The molecule has 1 N–H and O–H groups in total. The molecule has 1 aliphatic rings. The number of piperidine rings is 1. The molecule has 5 nitrogen and oxygen atoms in total. The summed E-state index contributed by atoms with van der Waals surface area (Å²) in [5, 5.41) is 2.37. The van der Waals surface area contributed by atoms with Gasteiger partial charge in [-0.3, -0.25) is 9.59 Å². The minimum absolute atomic E-state index is 0.00762. The maximum absolute atomic E-state index is 13.2. The van der Waals surface area contributed by atoms with Crippen molar-refractivity contribution in [2.24, 2.45) is 5.92 Å². The van der Waals surface area contributed by atoms with Gasteiger partial charge in [0.15, 0.2) is 17.7 Å². The fourth-order valence-corrected chi connectivity index (χ4v) is 3.54. The fourth-order valence-electron chi connectivity index (χ4n) is 2.51. The van der Waals surface area contributed by atoms with Crippen LogP contribution in [0.3, 0.4) is 0 Å². The molecule has 1 heterocycles. The van der Waals surface area contributed by atoms with Crippen LogP contribution in [0.1, 0.15) is 26.7 Å². The number of anilines is 1. The summed E-state index contributed by atoms with van der Waals surface area (Å²) in [5.74, 6) is -2.59. The molecule has 0 radical (unpaired) electrons. The first-order valence-corrected chi connectivity index (χ1v) is 10.0. The maximum Gasteiger partial charge on any atom is 0.317 e. The van der Waals surface area contributed by atoms with Gasteiger partial charge in [-0.05, 0) is 37.8 Å². The Hall–Kier alpha value is -1.74. The molecule has 0 spiro atoms. The Balaban J connectivity index is 1.74. The van der Waals surface area contributed by atoms with E-state index in [0.717, 1.165) is 38.1 Å². The molecule has 0 aromatic heterocycles. The number of likely N-dealkylation sites (tertiary alicyclic amines) is 1. The molecule has 1 aromatic carbocycles. The number of nitrogens with one attached hydrogen (secondary N) is 1. The van der Waals surface area contributed by atoms with Crippen LogP contribution in [0.4, 0.5) is 14.5 Å². The second-order valence-corrected chi connectivity index (χ2v) is 8.08. The van der Waals surface area contributed by atoms with Gasteiger partial charge in [0.2, 0.25) is 0 Å². The normalized spacial score (nSPS) is 15.9. The standard InChI is InChI=1S/C18H22F2N2O3S2/c1-11-5-7-22(8-6-11)18(26)27-10-16(23)25-12(2)17(24)21-13-3-4-14(19)15(20)9-13/h3-4,9,11-12H,5-8,10H2,1-2H3,(H,21,24)/t12-/m0/s1. The maximum atomic E-state index is 13.2. The van der Waals surface area contributed by atoms with Crippen LogP contribution in [0.15, 0.2) is 18.2 Å². The van der Waals surface area contributed by atoms with Gasteiger partial charge in [-0.1, -0.05) is 30.9 Å². The molecule has 0 aliphatic carbocycles. The van der Waals surface area contributed by atoms with Gasteiger partial charge < -0.3 is 15.0 Å². The number of nitrogens with zero attached hydrogens (tertiary/aromatic N) is 1. The van der Waals surface area contributed by atoms with E-state index in [0.29, 0.717) is 10.2 Å². The Kier molecular flexibility index (Phi) is 7.97. The second kappa shape index (κ2) is 9.98. The lowest BCUT2D eigenvalue weighted by Gasteiger charge is -2.31. The van der Waals surface area contributed by atoms with Crippen LogP contribution in [0.5, 0.6) is 0 Å². The lowest BCUT2D eigenvalue weighted by atomic mass is 10.00. The number of halogens is 2. The summed E-state index contributed by atoms with van der Waals surface area (Å²) in [6, 6.07) is 2.98. The Morgan fingerprint density at radius 3 is 2.63 bits per heavy atom. The van der Waals surface area contributed by atoms with Crippen LogP contribution >= 0.6 is 24.0 Å². The molecule has 1 atom stereocenters. The SMILES string of the molecule is CC1CCN(C(=S)SCC(=O)O[C@@H](C)C(=O)Nc2ccc(F)c(F)c2)CC1. The molecule has 1 fully saturated rings. The van der Waals surface area contributed by atoms with Crippen LogP contribution in [-0.2, 0) is 14.3 Å². The van der Waals surface area contributed by atoms with Crippen molar-refractivity contribution in [3.8, 4) is 0 Å². The van der Waals surface area contributed by atoms with Crippen LogP contribution in [0.25, 0.3) is 0 Å². The number of thiocarbonyl (C=S) groups is 1. The first kappa shape index (κ1) is 21.6. The van der Waals surface area contributed by atoms with Crippen molar-refractivity contribution < 1.29 is 23.1 Å². The molecule has 1 amide bonds. The van der Waals surface area contributed by atoms with E-state index in [1.165, 1.54) is 24.8 Å². The number of thioether (sulfide) groups is 1. The Morgan fingerprint density at radius 1 is 1.33 bits per heavy atom. The van der Waals surface area contributed by atoms with Crippen molar-refractivity contribution >= 4 is 45.9 Å². The molecule has 148 valence electrons. The number of carbonyl (C=O) groups excluding carboxylic acids is 2. The number of rotatable bonds is 5. The predicted molar refractivity (Wildman–Crippen MR) is 106 cm³/mol. The predicted octanol–water partition coefficient (Wildman–Crippen LogP) is 3.59. The highest BCUT2D eigenvalue weighted by atomic mass is 32.2. The number of benzene rings is 1. The molecule has 0 unspecified atom stereocenters. The van der Waals surface area contributed by atoms with Crippen molar-refractivity contribution in [2.45, 2.75) is 32.8 Å². The van der Waals surface area contributed by atoms with Gasteiger partial charge in [0.05, 0.1) is 5.75 Å². The molecular weight excluding hydrogens is 394 g/mol. The highest BCUT2D eigenvalue weighted by Crippen LogP contribution is 2.20. The molecule has 27 heavy (non-hydrogen) atoms. The minimum atomic E-state index is -1.07. The fraction of sp³-hybridized carbons (Fsp3) is 0.500. The second-order valence-electron chi connectivity index (χ2n) is 6.47. The lowest BCUT2D eigenvalue weighted by molar-refractivity contribution is -0.150. The zero-order valence-corrected chi connectivity index (χ0v) is 16.8. The van der Waals surface area contributed by atoms with E-state index < -0.39 is 29.6 Å². The number of amides is 1.